The third-order valence-electron chi connectivity index (χ3n) is 1.99. The molecule has 0 aliphatic rings. The van der Waals surface area contributed by atoms with Gasteiger partial charge in [-0.05, 0) is 18.2 Å². The average Bonchev–Trinajstić information content (AvgIpc) is 2.36. The standard InChI is InChI=1S/C12H11NO5/c1-2-5-18-12(17)13-10-4-3-8(11(15)16)6-9(10)7-14/h2-4,6-7H,1,5H2,(H,13,17)(H,15,16). The Morgan fingerprint density at radius 3 is 2.72 bits per heavy atom. The predicted octanol–water partition coefficient (Wildman–Crippen LogP) is 1.93. The second kappa shape index (κ2) is 6.19. The van der Waals surface area contributed by atoms with Crippen LogP contribution in [0, 0.1) is 0 Å². The van der Waals surface area contributed by atoms with Crippen molar-refractivity contribution in [2.24, 2.45) is 0 Å². The molecule has 0 radical (unpaired) electrons. The number of hydrogen-bond acceptors (Lipinski definition) is 4. The highest BCUT2D eigenvalue weighted by molar-refractivity contribution is 5.97. The Labute approximate surface area is 103 Å². The first-order chi connectivity index (χ1) is 8.58. The fourth-order valence-corrected chi connectivity index (χ4v) is 1.19. The van der Waals surface area contributed by atoms with Crippen LogP contribution in [0.5, 0.6) is 0 Å². The molecule has 0 saturated carbocycles. The Bertz CT molecular complexity index is 495. The molecule has 1 aromatic rings. The van der Waals surface area contributed by atoms with Crippen molar-refractivity contribution >= 4 is 24.0 Å². The first kappa shape index (κ1) is 13.4. The van der Waals surface area contributed by atoms with Crippen molar-refractivity contribution in [1.82, 2.24) is 0 Å². The molecule has 6 nitrogen and oxygen atoms in total. The molecule has 1 rings (SSSR count). The Hall–Kier alpha value is -2.63. The lowest BCUT2D eigenvalue weighted by molar-refractivity contribution is 0.0697. The number of anilines is 1. The number of ether oxygens (including phenoxy) is 1. The summed E-state index contributed by atoms with van der Waals surface area (Å²) in [4.78, 5) is 32.7. The topological polar surface area (TPSA) is 92.7 Å². The van der Waals surface area contributed by atoms with Gasteiger partial charge in [0.1, 0.15) is 6.61 Å². The second-order valence-electron chi connectivity index (χ2n) is 3.24. The normalized spacial score (nSPS) is 9.33. The van der Waals surface area contributed by atoms with E-state index < -0.39 is 12.1 Å². The number of amides is 1. The molecule has 0 saturated heterocycles. The molecule has 0 spiro atoms. The molecule has 0 aliphatic heterocycles. The molecular formula is C12H11NO5. The average molecular weight is 249 g/mol. The number of hydrogen-bond donors (Lipinski definition) is 2. The highest BCUT2D eigenvalue weighted by atomic mass is 16.5. The van der Waals surface area contributed by atoms with Crippen LogP contribution in [0.2, 0.25) is 0 Å². The van der Waals surface area contributed by atoms with Crippen molar-refractivity contribution in [3.05, 3.63) is 42.0 Å². The number of nitrogens with one attached hydrogen (secondary N) is 1. The molecule has 1 amide bonds. The molecule has 6 heteroatoms. The number of benzene rings is 1. The van der Waals surface area contributed by atoms with Crippen molar-refractivity contribution in [3.8, 4) is 0 Å². The summed E-state index contributed by atoms with van der Waals surface area (Å²) >= 11 is 0. The van der Waals surface area contributed by atoms with E-state index in [2.05, 4.69) is 16.6 Å². The molecule has 18 heavy (non-hydrogen) atoms. The molecule has 0 atom stereocenters. The second-order valence-corrected chi connectivity index (χ2v) is 3.24. The summed E-state index contributed by atoms with van der Waals surface area (Å²) in [5.74, 6) is -1.15. The SMILES string of the molecule is C=CCOC(=O)Nc1ccc(C(=O)O)cc1C=O. The summed E-state index contributed by atoms with van der Waals surface area (Å²) < 4.78 is 4.67. The van der Waals surface area contributed by atoms with E-state index in [-0.39, 0.29) is 23.4 Å². The molecule has 0 aromatic heterocycles. The van der Waals surface area contributed by atoms with Crippen LogP contribution in [0.4, 0.5) is 10.5 Å². The highest BCUT2D eigenvalue weighted by Gasteiger charge is 2.10. The summed E-state index contributed by atoms with van der Waals surface area (Å²) in [7, 11) is 0. The minimum atomic E-state index is -1.15. The lowest BCUT2D eigenvalue weighted by atomic mass is 10.1. The van der Waals surface area contributed by atoms with E-state index >= 15 is 0 Å². The van der Waals surface area contributed by atoms with Crippen LogP contribution in [0.3, 0.4) is 0 Å². The van der Waals surface area contributed by atoms with Gasteiger partial charge in [-0.1, -0.05) is 12.7 Å². The van der Waals surface area contributed by atoms with Crippen LogP contribution in [-0.4, -0.2) is 30.1 Å². The molecule has 0 heterocycles. The predicted molar refractivity (Wildman–Crippen MR) is 64.0 cm³/mol. The quantitative estimate of drug-likeness (QED) is 0.614. The van der Waals surface area contributed by atoms with Crippen molar-refractivity contribution in [1.29, 1.82) is 0 Å². The van der Waals surface area contributed by atoms with Crippen molar-refractivity contribution in [2.45, 2.75) is 0 Å². The van der Waals surface area contributed by atoms with Gasteiger partial charge in [0.15, 0.2) is 6.29 Å². The minimum Gasteiger partial charge on any atom is -0.478 e. The Morgan fingerprint density at radius 1 is 1.44 bits per heavy atom. The number of carboxylic acid groups (broad SMARTS) is 1. The van der Waals surface area contributed by atoms with Gasteiger partial charge in [-0.3, -0.25) is 10.1 Å². The van der Waals surface area contributed by atoms with E-state index in [0.717, 1.165) is 0 Å². The number of aldehydes is 1. The zero-order valence-electron chi connectivity index (χ0n) is 9.38. The first-order valence-electron chi connectivity index (χ1n) is 4.95. The summed E-state index contributed by atoms with van der Waals surface area (Å²) in [6.45, 7) is 3.42. The van der Waals surface area contributed by atoms with Crippen LogP contribution in [0.15, 0.2) is 30.9 Å². The molecule has 0 aliphatic carbocycles. The van der Waals surface area contributed by atoms with Crippen molar-refractivity contribution in [2.75, 3.05) is 11.9 Å². The third-order valence-corrected chi connectivity index (χ3v) is 1.99. The van der Waals surface area contributed by atoms with Gasteiger partial charge < -0.3 is 9.84 Å². The van der Waals surface area contributed by atoms with E-state index in [1.165, 1.54) is 24.3 Å². The smallest absolute Gasteiger partial charge is 0.411 e. The Kier molecular flexibility index (Phi) is 4.62. The largest absolute Gasteiger partial charge is 0.478 e. The monoisotopic (exact) mass is 249 g/mol. The van der Waals surface area contributed by atoms with Crippen molar-refractivity contribution < 1.29 is 24.2 Å². The van der Waals surface area contributed by atoms with E-state index in [1.54, 1.807) is 0 Å². The summed E-state index contributed by atoms with van der Waals surface area (Å²) in [5.41, 5.74) is 0.205. The van der Waals surface area contributed by atoms with Gasteiger partial charge in [-0.15, -0.1) is 0 Å². The highest BCUT2D eigenvalue weighted by Crippen LogP contribution is 2.16. The summed E-state index contributed by atoms with van der Waals surface area (Å²) in [6.07, 6.45) is 1.10. The van der Waals surface area contributed by atoms with E-state index in [9.17, 15) is 14.4 Å². The lowest BCUT2D eigenvalue weighted by Gasteiger charge is -2.08. The zero-order valence-corrected chi connectivity index (χ0v) is 9.38. The van der Waals surface area contributed by atoms with E-state index in [1.807, 2.05) is 0 Å². The van der Waals surface area contributed by atoms with Gasteiger partial charge in [-0.2, -0.15) is 0 Å². The van der Waals surface area contributed by atoms with Gasteiger partial charge in [0.25, 0.3) is 0 Å². The minimum absolute atomic E-state index is 0.0372. The summed E-state index contributed by atoms with van der Waals surface area (Å²) in [5, 5.41) is 11.1. The maximum Gasteiger partial charge on any atom is 0.411 e. The van der Waals surface area contributed by atoms with Crippen LogP contribution < -0.4 is 5.32 Å². The van der Waals surface area contributed by atoms with Gasteiger partial charge in [-0.25, -0.2) is 9.59 Å². The first-order valence-corrected chi connectivity index (χ1v) is 4.95. The van der Waals surface area contributed by atoms with Crippen LogP contribution in [0.1, 0.15) is 20.7 Å². The van der Waals surface area contributed by atoms with Gasteiger partial charge in [0.2, 0.25) is 0 Å². The van der Waals surface area contributed by atoms with Gasteiger partial charge in [0, 0.05) is 5.56 Å². The molecule has 94 valence electrons. The zero-order chi connectivity index (χ0) is 13.5. The number of carbonyl (C=O) groups is 3. The number of aromatic carboxylic acids is 1. The third kappa shape index (κ3) is 3.44. The molecule has 1 aromatic carbocycles. The fourth-order valence-electron chi connectivity index (χ4n) is 1.19. The van der Waals surface area contributed by atoms with Gasteiger partial charge >= 0.3 is 12.1 Å². The van der Waals surface area contributed by atoms with E-state index in [0.29, 0.717) is 6.29 Å². The van der Waals surface area contributed by atoms with E-state index in [4.69, 9.17) is 5.11 Å². The molecular weight excluding hydrogens is 238 g/mol. The molecule has 0 unspecified atom stereocenters. The molecule has 0 fully saturated rings. The van der Waals surface area contributed by atoms with Crippen LogP contribution in [-0.2, 0) is 4.74 Å². The van der Waals surface area contributed by atoms with Gasteiger partial charge in [0.05, 0.1) is 11.3 Å². The summed E-state index contributed by atoms with van der Waals surface area (Å²) in [6, 6.07) is 3.76. The Morgan fingerprint density at radius 2 is 2.17 bits per heavy atom. The Balaban J connectivity index is 2.89. The number of rotatable bonds is 5. The van der Waals surface area contributed by atoms with Crippen LogP contribution >= 0.6 is 0 Å². The number of carbonyl (C=O) groups excluding carboxylic acids is 2. The lowest BCUT2D eigenvalue weighted by Crippen LogP contribution is -2.15. The molecule has 0 bridgehead atoms. The van der Waals surface area contributed by atoms with Crippen molar-refractivity contribution in [3.63, 3.8) is 0 Å². The maximum absolute atomic E-state index is 11.2. The van der Waals surface area contributed by atoms with Crippen LogP contribution in [0.25, 0.3) is 0 Å². The maximum atomic E-state index is 11.2. The number of carboxylic acids is 1. The fraction of sp³-hybridized carbons (Fsp3) is 0.0833. The molecule has 2 N–H and O–H groups in total.